The van der Waals surface area contributed by atoms with Gasteiger partial charge in [-0.15, -0.1) is 4.83 Å². The summed E-state index contributed by atoms with van der Waals surface area (Å²) in [5, 5.41) is 0. The molecule has 0 saturated heterocycles. The van der Waals surface area contributed by atoms with Crippen LogP contribution in [0, 0.1) is 0 Å². The van der Waals surface area contributed by atoms with Crippen LogP contribution in [0.5, 0.6) is 0 Å². The lowest BCUT2D eigenvalue weighted by Crippen LogP contribution is -2.54. The molecule has 12 heteroatoms. The summed E-state index contributed by atoms with van der Waals surface area (Å²) >= 11 is 0. The number of benzene rings is 1. The molecule has 0 heterocycles. The number of hydrazine groups is 1. The van der Waals surface area contributed by atoms with Crippen LogP contribution in [0.4, 0.5) is 26.3 Å². The third-order valence-electron chi connectivity index (χ3n) is 2.92. The Kier molecular flexibility index (Phi) is 5.55. The van der Waals surface area contributed by atoms with Crippen molar-refractivity contribution in [3.8, 4) is 0 Å². The number of rotatable bonds is 4. The van der Waals surface area contributed by atoms with E-state index in [9.17, 15) is 34.8 Å². The number of halogens is 6. The first-order valence-corrected chi connectivity index (χ1v) is 7.72. The Bertz CT molecular complexity index is 684. The van der Waals surface area contributed by atoms with E-state index in [0.29, 0.717) is 0 Å². The summed E-state index contributed by atoms with van der Waals surface area (Å²) in [5.74, 6) is -0.911. The van der Waals surface area contributed by atoms with Gasteiger partial charge in [0, 0.05) is 0 Å². The van der Waals surface area contributed by atoms with Crippen molar-refractivity contribution < 1.29 is 34.8 Å². The lowest BCUT2D eigenvalue weighted by molar-refractivity contribution is -0.289. The molecule has 0 spiro atoms. The van der Waals surface area contributed by atoms with Gasteiger partial charge in [0.1, 0.15) is 5.84 Å². The molecule has 24 heavy (non-hydrogen) atoms. The highest BCUT2D eigenvalue weighted by Crippen LogP contribution is 2.45. The van der Waals surface area contributed by atoms with Crippen molar-refractivity contribution in [3.63, 3.8) is 0 Å². The highest BCUT2D eigenvalue weighted by Gasteiger charge is 2.68. The number of hydrogen-bond acceptors (Lipinski definition) is 3. The lowest BCUT2D eigenvalue weighted by atomic mass is 10.0. The Morgan fingerprint density at radius 3 is 1.88 bits per heavy atom. The van der Waals surface area contributed by atoms with Gasteiger partial charge in [-0.3, -0.25) is 5.43 Å². The van der Waals surface area contributed by atoms with Crippen molar-refractivity contribution in [3.05, 3.63) is 30.3 Å². The zero-order valence-corrected chi connectivity index (χ0v) is 13.1. The SMILES string of the molecule is CC(=NC(C)(C(F)(F)F)C(F)(F)F)NNS(=O)(=O)c1ccccc1. The molecule has 0 amide bonds. The van der Waals surface area contributed by atoms with E-state index in [2.05, 4.69) is 4.99 Å². The van der Waals surface area contributed by atoms with Gasteiger partial charge in [-0.05, 0) is 26.0 Å². The fourth-order valence-corrected chi connectivity index (χ4v) is 2.37. The number of alkyl halides is 6. The fraction of sp³-hybridized carbons (Fsp3) is 0.417. The zero-order chi connectivity index (χ0) is 18.8. The number of amidine groups is 1. The standard InChI is InChI=1S/C12H13F6N3O2S/c1-8(19-10(2,11(13,14)15)12(16,17)18)20-21-24(22,23)9-6-4-3-5-7-9/h3-7,21H,1-2H3,(H,19,20). The van der Waals surface area contributed by atoms with Crippen molar-refractivity contribution in [2.75, 3.05) is 0 Å². The quantitative estimate of drug-likeness (QED) is 0.367. The third-order valence-corrected chi connectivity index (χ3v) is 4.18. The molecule has 1 aromatic carbocycles. The molecule has 0 aliphatic carbocycles. The van der Waals surface area contributed by atoms with Crippen LogP contribution in [0.2, 0.25) is 0 Å². The van der Waals surface area contributed by atoms with Crippen molar-refractivity contribution in [2.45, 2.75) is 36.6 Å². The van der Waals surface area contributed by atoms with Crippen molar-refractivity contribution in [2.24, 2.45) is 4.99 Å². The van der Waals surface area contributed by atoms with Gasteiger partial charge in [0.15, 0.2) is 0 Å². The highest BCUT2D eigenvalue weighted by molar-refractivity contribution is 7.89. The summed E-state index contributed by atoms with van der Waals surface area (Å²) < 4.78 is 99.9. The molecule has 136 valence electrons. The minimum absolute atomic E-state index is 0.149. The second kappa shape index (κ2) is 6.59. The Balaban J connectivity index is 3.02. The molecular weight excluding hydrogens is 364 g/mol. The molecule has 2 N–H and O–H groups in total. The summed E-state index contributed by atoms with van der Waals surface area (Å²) in [6.45, 7) is 0.618. The van der Waals surface area contributed by atoms with E-state index in [4.69, 9.17) is 0 Å². The Morgan fingerprint density at radius 1 is 1.00 bits per heavy atom. The first-order chi connectivity index (χ1) is 10.7. The van der Waals surface area contributed by atoms with Crippen LogP contribution in [0.15, 0.2) is 40.2 Å². The summed E-state index contributed by atoms with van der Waals surface area (Å²) in [7, 11) is -4.19. The molecule has 0 radical (unpaired) electrons. The monoisotopic (exact) mass is 377 g/mol. The van der Waals surface area contributed by atoms with E-state index in [-0.39, 0.29) is 11.8 Å². The lowest BCUT2D eigenvalue weighted by Gasteiger charge is -2.30. The molecule has 0 unspecified atom stereocenters. The minimum atomic E-state index is -5.72. The molecule has 0 bridgehead atoms. The first kappa shape index (κ1) is 20.2. The fourth-order valence-electron chi connectivity index (χ4n) is 1.45. The maximum Gasteiger partial charge on any atom is 0.422 e. The number of nitrogens with one attached hydrogen (secondary N) is 2. The van der Waals surface area contributed by atoms with Gasteiger partial charge in [0.05, 0.1) is 4.90 Å². The van der Waals surface area contributed by atoms with Crippen LogP contribution in [-0.4, -0.2) is 32.1 Å². The van der Waals surface area contributed by atoms with Crippen LogP contribution in [-0.2, 0) is 10.0 Å². The van der Waals surface area contributed by atoms with Crippen LogP contribution < -0.4 is 10.3 Å². The largest absolute Gasteiger partial charge is 0.422 e. The molecule has 0 aliphatic heterocycles. The molecule has 0 aromatic heterocycles. The molecule has 0 fully saturated rings. The summed E-state index contributed by atoms with van der Waals surface area (Å²) in [4.78, 5) is 4.00. The predicted octanol–water partition coefficient (Wildman–Crippen LogP) is 2.77. The van der Waals surface area contributed by atoms with E-state index in [1.54, 1.807) is 10.3 Å². The minimum Gasteiger partial charge on any atom is -0.296 e. The van der Waals surface area contributed by atoms with Crippen LogP contribution in [0.25, 0.3) is 0 Å². The van der Waals surface area contributed by atoms with Gasteiger partial charge in [-0.25, -0.2) is 13.4 Å². The number of aliphatic imine (C=N–C) groups is 1. The zero-order valence-electron chi connectivity index (χ0n) is 12.3. The Morgan fingerprint density at radius 2 is 1.46 bits per heavy atom. The van der Waals surface area contributed by atoms with E-state index in [1.165, 1.54) is 30.3 Å². The molecular formula is C12H13F6N3O2S. The summed E-state index contributed by atoms with van der Waals surface area (Å²) in [6.07, 6.45) is -11.4. The Labute approximate surface area is 133 Å². The normalized spacial score (nSPS) is 14.6. The summed E-state index contributed by atoms with van der Waals surface area (Å²) in [5.41, 5.74) is -2.65. The van der Waals surface area contributed by atoms with E-state index >= 15 is 0 Å². The average Bonchev–Trinajstić information content (AvgIpc) is 2.44. The van der Waals surface area contributed by atoms with Gasteiger partial charge in [-0.1, -0.05) is 18.2 Å². The second-order valence-corrected chi connectivity index (χ2v) is 6.49. The van der Waals surface area contributed by atoms with Crippen molar-refractivity contribution >= 4 is 15.9 Å². The third kappa shape index (κ3) is 4.38. The highest BCUT2D eigenvalue weighted by atomic mass is 32.2. The smallest absolute Gasteiger partial charge is 0.296 e. The van der Waals surface area contributed by atoms with Gasteiger partial charge in [0.25, 0.3) is 10.0 Å². The van der Waals surface area contributed by atoms with Gasteiger partial charge in [-0.2, -0.15) is 26.3 Å². The van der Waals surface area contributed by atoms with Gasteiger partial charge < -0.3 is 0 Å². The maximum atomic E-state index is 12.7. The van der Waals surface area contributed by atoms with Crippen LogP contribution in [0.1, 0.15) is 13.8 Å². The second-order valence-electron chi connectivity index (χ2n) is 4.81. The molecule has 1 aromatic rings. The van der Waals surface area contributed by atoms with E-state index in [0.717, 1.165) is 6.92 Å². The van der Waals surface area contributed by atoms with E-state index < -0.39 is 33.8 Å². The topological polar surface area (TPSA) is 70.6 Å². The van der Waals surface area contributed by atoms with Gasteiger partial charge >= 0.3 is 12.4 Å². The number of hydrogen-bond donors (Lipinski definition) is 2. The first-order valence-electron chi connectivity index (χ1n) is 6.23. The predicted molar refractivity (Wildman–Crippen MR) is 73.5 cm³/mol. The van der Waals surface area contributed by atoms with Crippen molar-refractivity contribution in [1.82, 2.24) is 10.3 Å². The van der Waals surface area contributed by atoms with Crippen LogP contribution >= 0.6 is 0 Å². The number of sulfonamides is 1. The molecule has 5 nitrogen and oxygen atoms in total. The van der Waals surface area contributed by atoms with Gasteiger partial charge in [0.2, 0.25) is 5.54 Å². The van der Waals surface area contributed by atoms with Crippen molar-refractivity contribution in [1.29, 1.82) is 0 Å². The average molecular weight is 377 g/mol. The molecule has 0 aliphatic rings. The maximum absolute atomic E-state index is 12.7. The molecule has 1 rings (SSSR count). The Hall–Kier alpha value is -1.82. The molecule has 0 saturated carbocycles. The number of nitrogens with zero attached hydrogens (tertiary/aromatic N) is 1. The van der Waals surface area contributed by atoms with Crippen LogP contribution in [0.3, 0.4) is 0 Å². The molecule has 0 atom stereocenters. The summed E-state index contributed by atoms with van der Waals surface area (Å²) in [6, 6.07) is 6.68. The van der Waals surface area contributed by atoms with E-state index in [1.807, 2.05) is 0 Å².